The first-order chi connectivity index (χ1) is 16.3. The minimum Gasteiger partial charge on any atom is -0.478 e. The fraction of sp³-hybridized carbons (Fsp3) is 0.300. The van der Waals surface area contributed by atoms with Crippen molar-refractivity contribution in [2.45, 2.75) is 40.5 Å². The van der Waals surface area contributed by atoms with Crippen molar-refractivity contribution in [2.24, 2.45) is 0 Å². The molecule has 0 spiro atoms. The Morgan fingerprint density at radius 3 is 1.58 bits per heavy atom. The summed E-state index contributed by atoms with van der Waals surface area (Å²) in [6, 6.07) is 8.08. The molecule has 0 radical (unpaired) electrons. The van der Waals surface area contributed by atoms with Gasteiger partial charge in [0.2, 0.25) is 0 Å². The summed E-state index contributed by atoms with van der Waals surface area (Å²) in [4.78, 5) is 39.9. The number of carboxylic acid groups (broad SMARTS) is 2. The van der Waals surface area contributed by atoms with Crippen LogP contribution in [-0.2, 0) is 23.2 Å². The van der Waals surface area contributed by atoms with E-state index in [1.54, 1.807) is 19.1 Å². The number of hydrogen-bond acceptors (Lipinski definition) is 8. The Morgan fingerprint density at radius 1 is 0.861 bits per heavy atom. The van der Waals surface area contributed by atoms with Crippen LogP contribution >= 0.6 is 0 Å². The van der Waals surface area contributed by atoms with Crippen molar-refractivity contribution in [3.05, 3.63) is 83.9 Å². The quantitative estimate of drug-likeness (QED) is 0.209. The zero-order chi connectivity index (χ0) is 28.8. The number of aryl methyl sites for hydroxylation is 4. The van der Waals surface area contributed by atoms with Crippen molar-refractivity contribution in [1.82, 2.24) is 0 Å². The largest absolute Gasteiger partial charge is 0.478 e. The van der Waals surface area contributed by atoms with E-state index in [2.05, 4.69) is 0 Å². The molecule has 0 aromatic heterocycles. The molecule has 2 aromatic rings. The molecule has 0 aliphatic heterocycles. The fourth-order valence-electron chi connectivity index (χ4n) is 2.67. The Bertz CT molecular complexity index is 1180. The number of carboxylic acids is 2. The summed E-state index contributed by atoms with van der Waals surface area (Å²) in [5.41, 5.74) is 3.40. The molecule has 0 saturated heterocycles. The van der Waals surface area contributed by atoms with Crippen molar-refractivity contribution in [3.8, 4) is 0 Å². The third kappa shape index (κ3) is 14.9. The summed E-state index contributed by atoms with van der Waals surface area (Å²) in [6.07, 6.45) is 1.31. The van der Waals surface area contributed by atoms with Crippen LogP contribution < -0.4 is 0 Å². The lowest BCUT2D eigenvalue weighted by atomic mass is 10.0. The van der Waals surface area contributed by atoms with Gasteiger partial charge in [-0.1, -0.05) is 31.5 Å². The van der Waals surface area contributed by atoms with Gasteiger partial charge >= 0.3 is 22.3 Å². The van der Waals surface area contributed by atoms with Crippen molar-refractivity contribution < 1.29 is 52.5 Å². The summed E-state index contributed by atoms with van der Waals surface area (Å²) < 4.78 is 31.6. The second-order valence-corrected chi connectivity index (χ2v) is 7.61. The Balaban J connectivity index is 0. The first-order valence-electron chi connectivity index (χ1n) is 9.72. The van der Waals surface area contributed by atoms with Gasteiger partial charge in [0.25, 0.3) is 10.8 Å². The summed E-state index contributed by atoms with van der Waals surface area (Å²) in [5.74, 6) is -1.97. The molecule has 5 N–H and O–H groups in total. The summed E-state index contributed by atoms with van der Waals surface area (Å²) in [5, 5.41) is 41.9. The molecule has 16 heteroatoms. The average Bonchev–Trinajstić information content (AvgIpc) is 2.71. The number of nitrogens with zero attached hydrogens (tertiary/aromatic N) is 2. The molecule has 0 saturated carbocycles. The maximum Gasteiger partial charge on any atom is 0.394 e. The van der Waals surface area contributed by atoms with Gasteiger partial charge in [0.1, 0.15) is 0 Å². The van der Waals surface area contributed by atoms with Gasteiger partial charge in [0.15, 0.2) is 0 Å². The second-order valence-electron chi connectivity index (χ2n) is 6.72. The van der Waals surface area contributed by atoms with Crippen LogP contribution in [0.5, 0.6) is 0 Å². The molecule has 36 heavy (non-hydrogen) atoms. The topological polar surface area (TPSA) is 256 Å². The van der Waals surface area contributed by atoms with Crippen LogP contribution in [0.25, 0.3) is 0 Å². The van der Waals surface area contributed by atoms with Crippen LogP contribution in [0.2, 0.25) is 0 Å². The van der Waals surface area contributed by atoms with Crippen LogP contribution in [-0.4, -0.2) is 54.9 Å². The van der Waals surface area contributed by atoms with Crippen LogP contribution in [0.3, 0.4) is 0 Å². The molecule has 2 rings (SSSR count). The van der Waals surface area contributed by atoms with Crippen molar-refractivity contribution in [1.29, 1.82) is 0 Å². The SMILES string of the molecule is CCc1cc(C)c([N+](=O)[O-])cc1C(=O)O.CCc1cc(C)ccc1C(=O)O.O=S(=O)(O)O.O=[N+]([O-])O. The second kappa shape index (κ2) is 15.7. The van der Waals surface area contributed by atoms with E-state index in [1.807, 2.05) is 32.9 Å². The molecular formula is C20H26N2O13S. The molecule has 0 bridgehead atoms. The Labute approximate surface area is 205 Å². The number of aromatic carboxylic acids is 2. The highest BCUT2D eigenvalue weighted by Crippen LogP contribution is 2.23. The van der Waals surface area contributed by atoms with Gasteiger partial charge < -0.3 is 15.4 Å². The van der Waals surface area contributed by atoms with Crippen LogP contribution in [0.1, 0.15) is 56.8 Å². The number of nitro benzene ring substituents is 1. The molecule has 0 fully saturated rings. The van der Waals surface area contributed by atoms with Gasteiger partial charge in [-0.2, -0.15) is 8.42 Å². The van der Waals surface area contributed by atoms with E-state index < -0.39 is 32.3 Å². The van der Waals surface area contributed by atoms with Crippen LogP contribution in [0.15, 0.2) is 30.3 Å². The van der Waals surface area contributed by atoms with E-state index in [-0.39, 0.29) is 11.3 Å². The molecule has 0 amide bonds. The molecule has 15 nitrogen and oxygen atoms in total. The lowest BCUT2D eigenvalue weighted by Crippen LogP contribution is -2.04. The first-order valence-corrected chi connectivity index (χ1v) is 11.1. The molecule has 200 valence electrons. The lowest BCUT2D eigenvalue weighted by Gasteiger charge is -2.05. The van der Waals surface area contributed by atoms with Gasteiger partial charge in [-0.15, -0.1) is 10.1 Å². The standard InChI is InChI=1S/C10H11NO4.C10H12O2.HNO3.H2O4S/c1-3-7-4-6(2)9(11(14)15)5-8(7)10(12)13;1-3-8-6-7(2)4-5-9(8)10(11)12;2-1(3)4;1-5(2,3)4/h4-5H,3H2,1-2H3,(H,12,13);4-6H,3H2,1-2H3,(H,11,12);(H,2,3,4);(H2,1,2,3,4). The minimum atomic E-state index is -4.67. The minimum absolute atomic E-state index is 0.00907. The van der Waals surface area contributed by atoms with Gasteiger partial charge in [-0.05, 0) is 49.9 Å². The van der Waals surface area contributed by atoms with E-state index in [9.17, 15) is 19.7 Å². The zero-order valence-corrected chi connectivity index (χ0v) is 20.4. The number of nitro groups is 1. The summed E-state index contributed by atoms with van der Waals surface area (Å²) in [6.45, 7) is 7.34. The third-order valence-corrected chi connectivity index (χ3v) is 4.10. The van der Waals surface area contributed by atoms with Gasteiger partial charge in [-0.25, -0.2) is 9.59 Å². The van der Waals surface area contributed by atoms with E-state index >= 15 is 0 Å². The van der Waals surface area contributed by atoms with Crippen molar-refractivity contribution >= 4 is 28.0 Å². The summed E-state index contributed by atoms with van der Waals surface area (Å²) >= 11 is 0. The Morgan fingerprint density at radius 2 is 1.25 bits per heavy atom. The highest BCUT2D eigenvalue weighted by Gasteiger charge is 2.18. The normalized spacial score (nSPS) is 9.72. The Hall–Kier alpha value is -4.15. The maximum absolute atomic E-state index is 10.8. The smallest absolute Gasteiger partial charge is 0.394 e. The average molecular weight is 534 g/mol. The molecule has 0 heterocycles. The highest BCUT2D eigenvalue weighted by atomic mass is 32.3. The Kier molecular flexibility index (Phi) is 14.8. The van der Waals surface area contributed by atoms with Gasteiger partial charge in [0.05, 0.1) is 16.1 Å². The number of benzene rings is 2. The predicted molar refractivity (Wildman–Crippen MR) is 125 cm³/mol. The lowest BCUT2D eigenvalue weighted by molar-refractivity contribution is -0.742. The van der Waals surface area contributed by atoms with E-state index in [4.69, 9.17) is 43.1 Å². The first kappa shape index (κ1) is 34.0. The predicted octanol–water partition coefficient (Wildman–Crippen LogP) is 3.42. The number of carbonyl (C=O) groups is 2. The molecule has 0 aliphatic rings. The number of hydrogen-bond donors (Lipinski definition) is 5. The van der Waals surface area contributed by atoms with Crippen molar-refractivity contribution in [2.75, 3.05) is 0 Å². The van der Waals surface area contributed by atoms with E-state index in [1.165, 1.54) is 0 Å². The van der Waals surface area contributed by atoms with Gasteiger partial charge in [0, 0.05) is 11.6 Å². The summed E-state index contributed by atoms with van der Waals surface area (Å²) in [7, 11) is -4.67. The molecule has 2 aromatic carbocycles. The van der Waals surface area contributed by atoms with E-state index in [0.29, 0.717) is 23.1 Å². The molecular weight excluding hydrogens is 508 g/mol. The van der Waals surface area contributed by atoms with Crippen LogP contribution in [0.4, 0.5) is 5.69 Å². The monoisotopic (exact) mass is 534 g/mol. The third-order valence-electron chi connectivity index (χ3n) is 4.10. The highest BCUT2D eigenvalue weighted by molar-refractivity contribution is 7.79. The van der Waals surface area contributed by atoms with Crippen LogP contribution in [0, 0.1) is 34.1 Å². The molecule has 0 atom stereocenters. The number of rotatable bonds is 5. The fourth-order valence-corrected chi connectivity index (χ4v) is 2.67. The van der Waals surface area contributed by atoms with E-state index in [0.717, 1.165) is 23.6 Å². The van der Waals surface area contributed by atoms with Gasteiger partial charge in [-0.3, -0.25) is 19.2 Å². The van der Waals surface area contributed by atoms with Crippen molar-refractivity contribution in [3.63, 3.8) is 0 Å². The molecule has 0 aliphatic carbocycles. The maximum atomic E-state index is 10.8. The molecule has 0 unspecified atom stereocenters. The zero-order valence-electron chi connectivity index (χ0n) is 19.6.